The Hall–Kier alpha value is -1.36. The summed E-state index contributed by atoms with van der Waals surface area (Å²) in [5.74, 6) is 2.32. The Bertz CT molecular complexity index is 677. The van der Waals surface area contributed by atoms with E-state index in [2.05, 4.69) is 23.3 Å². The van der Waals surface area contributed by atoms with Crippen LogP contribution in [0.1, 0.15) is 36.8 Å². The van der Waals surface area contributed by atoms with E-state index in [0.717, 1.165) is 37.3 Å². The number of nitrogens with zero attached hydrogens (tertiary/aromatic N) is 1. The standard InChI is InChI=1S/C19H25NO3S/c1-22-15-10-12-7-9-20-18(21)17(24-3)13-6-4-5-8-19(13,20)14(12)11-16(15)23-2/h10-11,13,17H,4-9H2,1-3H3/t13-,17-,19-/m1/s1. The van der Waals surface area contributed by atoms with Crippen LogP contribution in [0.3, 0.4) is 0 Å². The SMILES string of the molecule is COc1cc2c(cc1OC)[C@@]13CCCC[C@@H]1[C@@H](SC)C(=O)N3CC2. The molecule has 0 N–H and O–H groups in total. The molecule has 1 saturated heterocycles. The van der Waals surface area contributed by atoms with Crippen molar-refractivity contribution in [2.24, 2.45) is 5.92 Å². The molecule has 1 spiro atoms. The van der Waals surface area contributed by atoms with Gasteiger partial charge in [-0.15, -0.1) is 0 Å². The quantitative estimate of drug-likeness (QED) is 0.842. The van der Waals surface area contributed by atoms with Gasteiger partial charge >= 0.3 is 0 Å². The fourth-order valence-electron chi connectivity index (χ4n) is 5.26. The second kappa shape index (κ2) is 5.87. The molecule has 2 heterocycles. The third-order valence-corrected chi connectivity index (χ3v) is 7.27. The smallest absolute Gasteiger partial charge is 0.236 e. The Kier molecular flexibility index (Phi) is 3.94. The highest BCUT2D eigenvalue weighted by Crippen LogP contribution is 2.58. The molecule has 5 heteroatoms. The Morgan fingerprint density at radius 2 is 1.96 bits per heavy atom. The molecule has 2 aliphatic heterocycles. The van der Waals surface area contributed by atoms with E-state index in [0.29, 0.717) is 11.8 Å². The first kappa shape index (κ1) is 16.1. The predicted octanol–water partition coefficient (Wildman–Crippen LogP) is 3.22. The van der Waals surface area contributed by atoms with Crippen molar-refractivity contribution < 1.29 is 14.3 Å². The number of ether oxygens (including phenoxy) is 2. The van der Waals surface area contributed by atoms with Crippen molar-refractivity contribution in [2.75, 3.05) is 27.0 Å². The summed E-state index contributed by atoms with van der Waals surface area (Å²) in [6.45, 7) is 0.828. The van der Waals surface area contributed by atoms with Gasteiger partial charge in [0.1, 0.15) is 0 Å². The fourth-order valence-corrected chi connectivity index (χ4v) is 6.28. The van der Waals surface area contributed by atoms with Crippen molar-refractivity contribution in [3.05, 3.63) is 23.3 Å². The van der Waals surface area contributed by atoms with Gasteiger partial charge in [-0.1, -0.05) is 12.8 Å². The normalized spacial score (nSPS) is 31.3. The summed E-state index contributed by atoms with van der Waals surface area (Å²) in [7, 11) is 3.37. The summed E-state index contributed by atoms with van der Waals surface area (Å²) in [5.41, 5.74) is 2.50. The second-order valence-corrected chi connectivity index (χ2v) is 8.02. The number of benzene rings is 1. The van der Waals surface area contributed by atoms with E-state index < -0.39 is 0 Å². The van der Waals surface area contributed by atoms with E-state index >= 15 is 0 Å². The highest BCUT2D eigenvalue weighted by molar-refractivity contribution is 7.99. The molecular formula is C19H25NO3S. The lowest BCUT2D eigenvalue weighted by atomic mass is 9.66. The molecular weight excluding hydrogens is 322 g/mol. The Morgan fingerprint density at radius 1 is 1.21 bits per heavy atom. The molecule has 4 rings (SSSR count). The van der Waals surface area contributed by atoms with Gasteiger partial charge in [0.05, 0.1) is 25.0 Å². The van der Waals surface area contributed by atoms with Crippen LogP contribution in [0, 0.1) is 5.92 Å². The minimum absolute atomic E-state index is 0.101. The number of rotatable bonds is 3. The van der Waals surface area contributed by atoms with Gasteiger partial charge in [0, 0.05) is 12.5 Å². The van der Waals surface area contributed by atoms with Crippen molar-refractivity contribution in [1.29, 1.82) is 0 Å². The van der Waals surface area contributed by atoms with Gasteiger partial charge in [0.25, 0.3) is 0 Å². The van der Waals surface area contributed by atoms with Crippen LogP contribution in [0.4, 0.5) is 0 Å². The summed E-state index contributed by atoms with van der Waals surface area (Å²) in [5, 5.41) is 0.101. The van der Waals surface area contributed by atoms with E-state index in [9.17, 15) is 4.79 Å². The highest BCUT2D eigenvalue weighted by Gasteiger charge is 2.61. The van der Waals surface area contributed by atoms with Crippen molar-refractivity contribution >= 4 is 17.7 Å². The number of hydrogen-bond donors (Lipinski definition) is 0. The summed E-state index contributed by atoms with van der Waals surface area (Å²) in [4.78, 5) is 15.3. The maximum absolute atomic E-state index is 13.1. The molecule has 2 fully saturated rings. The van der Waals surface area contributed by atoms with Crippen LogP contribution >= 0.6 is 11.8 Å². The van der Waals surface area contributed by atoms with Crippen LogP contribution in [0.5, 0.6) is 11.5 Å². The molecule has 1 aliphatic carbocycles. The molecule has 1 aromatic carbocycles. The Balaban J connectivity index is 1.92. The van der Waals surface area contributed by atoms with Crippen LogP contribution in [0.2, 0.25) is 0 Å². The van der Waals surface area contributed by atoms with Crippen molar-refractivity contribution in [1.82, 2.24) is 4.90 Å². The van der Waals surface area contributed by atoms with E-state index in [1.165, 1.54) is 24.0 Å². The van der Waals surface area contributed by atoms with Gasteiger partial charge in [0.15, 0.2) is 11.5 Å². The van der Waals surface area contributed by atoms with E-state index in [1.54, 1.807) is 26.0 Å². The van der Waals surface area contributed by atoms with E-state index in [4.69, 9.17) is 9.47 Å². The van der Waals surface area contributed by atoms with Crippen molar-refractivity contribution in [3.8, 4) is 11.5 Å². The van der Waals surface area contributed by atoms with Crippen LogP contribution in [-0.2, 0) is 16.8 Å². The topological polar surface area (TPSA) is 38.8 Å². The number of amides is 1. The van der Waals surface area contributed by atoms with Gasteiger partial charge in [-0.05, 0) is 48.8 Å². The Labute approximate surface area is 147 Å². The predicted molar refractivity (Wildman–Crippen MR) is 95.9 cm³/mol. The molecule has 24 heavy (non-hydrogen) atoms. The first-order valence-electron chi connectivity index (χ1n) is 8.77. The third kappa shape index (κ3) is 1.97. The van der Waals surface area contributed by atoms with Crippen LogP contribution < -0.4 is 9.47 Å². The first-order chi connectivity index (χ1) is 11.7. The van der Waals surface area contributed by atoms with Crippen LogP contribution in [0.15, 0.2) is 12.1 Å². The van der Waals surface area contributed by atoms with Gasteiger partial charge in [-0.3, -0.25) is 4.79 Å². The zero-order valence-corrected chi connectivity index (χ0v) is 15.4. The molecule has 1 saturated carbocycles. The number of thioether (sulfide) groups is 1. The molecule has 3 atom stereocenters. The third-order valence-electron chi connectivity index (χ3n) is 6.23. The summed E-state index contributed by atoms with van der Waals surface area (Å²) < 4.78 is 11.1. The molecule has 1 aromatic rings. The lowest BCUT2D eigenvalue weighted by Gasteiger charge is -2.49. The van der Waals surface area contributed by atoms with Crippen molar-refractivity contribution in [3.63, 3.8) is 0 Å². The number of fused-ring (bicyclic) bond motifs is 1. The second-order valence-electron chi connectivity index (χ2n) is 7.04. The minimum Gasteiger partial charge on any atom is -0.493 e. The maximum Gasteiger partial charge on any atom is 0.236 e. The molecule has 0 aromatic heterocycles. The minimum atomic E-state index is -0.129. The molecule has 3 aliphatic rings. The highest BCUT2D eigenvalue weighted by atomic mass is 32.2. The zero-order chi connectivity index (χ0) is 16.9. The zero-order valence-electron chi connectivity index (χ0n) is 14.6. The largest absolute Gasteiger partial charge is 0.493 e. The lowest BCUT2D eigenvalue weighted by Crippen LogP contribution is -2.52. The monoisotopic (exact) mass is 347 g/mol. The number of carbonyl (C=O) groups excluding carboxylic acids is 1. The lowest BCUT2D eigenvalue weighted by molar-refractivity contribution is -0.132. The number of hydrogen-bond acceptors (Lipinski definition) is 4. The van der Waals surface area contributed by atoms with Gasteiger partial charge in [-0.2, -0.15) is 11.8 Å². The van der Waals surface area contributed by atoms with Crippen molar-refractivity contribution in [2.45, 2.75) is 42.9 Å². The average Bonchev–Trinajstić information content (AvgIpc) is 2.88. The maximum atomic E-state index is 13.1. The molecule has 0 bridgehead atoms. The van der Waals surface area contributed by atoms with Crippen LogP contribution in [-0.4, -0.2) is 43.1 Å². The molecule has 0 unspecified atom stereocenters. The van der Waals surface area contributed by atoms with Gasteiger partial charge in [0.2, 0.25) is 5.91 Å². The molecule has 1 amide bonds. The summed E-state index contributed by atoms with van der Waals surface area (Å²) >= 11 is 1.73. The van der Waals surface area contributed by atoms with E-state index in [1.807, 2.05) is 0 Å². The molecule has 130 valence electrons. The van der Waals surface area contributed by atoms with Gasteiger partial charge < -0.3 is 14.4 Å². The average molecular weight is 347 g/mol. The number of carbonyl (C=O) groups is 1. The fraction of sp³-hybridized carbons (Fsp3) is 0.632. The Morgan fingerprint density at radius 3 is 2.67 bits per heavy atom. The summed E-state index contributed by atoms with van der Waals surface area (Å²) in [6, 6.07) is 4.28. The first-order valence-corrected chi connectivity index (χ1v) is 10.1. The van der Waals surface area contributed by atoms with Crippen LogP contribution in [0.25, 0.3) is 0 Å². The summed E-state index contributed by atoms with van der Waals surface area (Å²) in [6.07, 6.45) is 7.61. The number of methoxy groups -OCH3 is 2. The molecule has 4 nitrogen and oxygen atoms in total. The van der Waals surface area contributed by atoms with Gasteiger partial charge in [-0.25, -0.2) is 0 Å². The van der Waals surface area contributed by atoms with E-state index in [-0.39, 0.29) is 10.8 Å². The molecule has 0 radical (unpaired) electrons.